The van der Waals surface area contributed by atoms with Crippen LogP contribution in [0.15, 0.2) is 30.3 Å². The van der Waals surface area contributed by atoms with Crippen molar-refractivity contribution in [3.63, 3.8) is 0 Å². The van der Waals surface area contributed by atoms with E-state index in [4.69, 9.17) is 0 Å². The molecule has 0 spiro atoms. The fourth-order valence-corrected chi connectivity index (χ4v) is 2.01. The lowest BCUT2D eigenvalue weighted by Gasteiger charge is -2.02. The molecule has 2 atom stereocenters. The van der Waals surface area contributed by atoms with E-state index >= 15 is 0 Å². The van der Waals surface area contributed by atoms with Gasteiger partial charge in [-0.15, -0.1) is 0 Å². The third-order valence-electron chi connectivity index (χ3n) is 2.95. The number of carbonyl (C=O) groups excluding carboxylic acids is 1. The number of hydrogen-bond donors (Lipinski definition) is 0. The van der Waals surface area contributed by atoms with Crippen molar-refractivity contribution < 1.29 is 4.79 Å². The van der Waals surface area contributed by atoms with Gasteiger partial charge in [-0.05, 0) is 17.9 Å². The van der Waals surface area contributed by atoms with Gasteiger partial charge in [-0.2, -0.15) is 0 Å². The lowest BCUT2D eigenvalue weighted by atomic mass is 10.0. The minimum absolute atomic E-state index is 0.189. The first-order valence-electron chi connectivity index (χ1n) is 5.29. The Balaban J connectivity index is 2.03. The summed E-state index contributed by atoms with van der Waals surface area (Å²) in [4.78, 5) is 11.7. The fourth-order valence-electron chi connectivity index (χ4n) is 2.01. The van der Waals surface area contributed by atoms with E-state index < -0.39 is 0 Å². The monoisotopic (exact) mass is 188 g/mol. The van der Waals surface area contributed by atoms with Gasteiger partial charge in [0.1, 0.15) is 5.78 Å². The Morgan fingerprint density at radius 3 is 2.50 bits per heavy atom. The van der Waals surface area contributed by atoms with Crippen molar-refractivity contribution >= 4 is 5.78 Å². The Hall–Kier alpha value is -1.11. The molecule has 1 nitrogen and oxygen atoms in total. The molecule has 1 unspecified atom stereocenters. The summed E-state index contributed by atoms with van der Waals surface area (Å²) >= 11 is 0. The van der Waals surface area contributed by atoms with E-state index in [-0.39, 0.29) is 5.92 Å². The first-order chi connectivity index (χ1) is 6.70. The third-order valence-corrected chi connectivity index (χ3v) is 2.95. The molecule has 0 bridgehead atoms. The second kappa shape index (κ2) is 3.56. The second-order valence-electron chi connectivity index (χ2n) is 4.42. The maximum Gasteiger partial charge on any atom is 0.139 e. The van der Waals surface area contributed by atoms with Crippen LogP contribution >= 0.6 is 0 Å². The van der Waals surface area contributed by atoms with Crippen molar-refractivity contribution in [3.05, 3.63) is 35.9 Å². The highest BCUT2D eigenvalue weighted by Crippen LogP contribution is 2.48. The SMILES string of the molecule is CC(C)C(=O)C1C[C@@H]1c1ccccc1. The molecule has 0 aliphatic heterocycles. The smallest absolute Gasteiger partial charge is 0.139 e. The predicted octanol–water partition coefficient (Wildman–Crippen LogP) is 3.02. The first kappa shape index (κ1) is 9.45. The summed E-state index contributed by atoms with van der Waals surface area (Å²) in [5, 5.41) is 0. The van der Waals surface area contributed by atoms with Crippen LogP contribution in [0.2, 0.25) is 0 Å². The van der Waals surface area contributed by atoms with Crippen molar-refractivity contribution in [1.29, 1.82) is 0 Å². The molecule has 0 saturated heterocycles. The standard InChI is InChI=1S/C13H16O/c1-9(2)13(14)12-8-11(12)10-6-4-3-5-7-10/h3-7,9,11-12H,8H2,1-2H3/t11-,12?/m1/s1. The number of rotatable bonds is 3. The minimum atomic E-state index is 0.189. The normalized spacial score (nSPS) is 25.1. The van der Waals surface area contributed by atoms with Crippen LogP contribution in [-0.2, 0) is 4.79 Å². The molecule has 0 aromatic heterocycles. The van der Waals surface area contributed by atoms with Gasteiger partial charge in [0, 0.05) is 11.8 Å². The molecule has 14 heavy (non-hydrogen) atoms. The summed E-state index contributed by atoms with van der Waals surface area (Å²) in [6, 6.07) is 10.4. The average molecular weight is 188 g/mol. The molecule has 1 aliphatic carbocycles. The van der Waals surface area contributed by atoms with Gasteiger partial charge in [0.2, 0.25) is 0 Å². The maximum absolute atomic E-state index is 11.7. The van der Waals surface area contributed by atoms with E-state index in [1.54, 1.807) is 0 Å². The average Bonchev–Trinajstić information content (AvgIpc) is 2.97. The summed E-state index contributed by atoms with van der Waals surface area (Å²) in [5.74, 6) is 1.43. The van der Waals surface area contributed by atoms with Crippen molar-refractivity contribution in [3.8, 4) is 0 Å². The van der Waals surface area contributed by atoms with Crippen LogP contribution in [0.3, 0.4) is 0 Å². The van der Waals surface area contributed by atoms with Gasteiger partial charge >= 0.3 is 0 Å². The Labute approximate surface area is 85.1 Å². The van der Waals surface area contributed by atoms with Crippen LogP contribution in [0.25, 0.3) is 0 Å². The highest BCUT2D eigenvalue weighted by molar-refractivity contribution is 5.86. The third kappa shape index (κ3) is 1.72. The lowest BCUT2D eigenvalue weighted by molar-refractivity contribution is -0.123. The zero-order chi connectivity index (χ0) is 10.1. The van der Waals surface area contributed by atoms with Crippen LogP contribution < -0.4 is 0 Å². The fraction of sp³-hybridized carbons (Fsp3) is 0.462. The number of Topliss-reactive ketones (excluding diaryl/α,β-unsaturated/α-hetero) is 1. The maximum atomic E-state index is 11.7. The van der Waals surface area contributed by atoms with Crippen molar-refractivity contribution in [1.82, 2.24) is 0 Å². The number of carbonyl (C=O) groups is 1. The van der Waals surface area contributed by atoms with E-state index in [9.17, 15) is 4.79 Å². The van der Waals surface area contributed by atoms with Crippen molar-refractivity contribution in [2.75, 3.05) is 0 Å². The Morgan fingerprint density at radius 2 is 1.93 bits per heavy atom. The van der Waals surface area contributed by atoms with Gasteiger partial charge in [0.05, 0.1) is 0 Å². The Morgan fingerprint density at radius 1 is 1.29 bits per heavy atom. The number of ketones is 1. The Bertz CT molecular complexity index is 326. The van der Waals surface area contributed by atoms with Crippen LogP contribution in [-0.4, -0.2) is 5.78 Å². The van der Waals surface area contributed by atoms with Gasteiger partial charge in [-0.1, -0.05) is 44.2 Å². The molecule has 1 aromatic carbocycles. The van der Waals surface area contributed by atoms with Crippen LogP contribution in [0.5, 0.6) is 0 Å². The van der Waals surface area contributed by atoms with Gasteiger partial charge in [0.25, 0.3) is 0 Å². The van der Waals surface area contributed by atoms with Crippen molar-refractivity contribution in [2.45, 2.75) is 26.2 Å². The van der Waals surface area contributed by atoms with E-state index in [1.165, 1.54) is 5.56 Å². The van der Waals surface area contributed by atoms with Gasteiger partial charge in [0.15, 0.2) is 0 Å². The topological polar surface area (TPSA) is 17.1 Å². The molecule has 0 heterocycles. The van der Waals surface area contributed by atoms with Gasteiger partial charge in [-0.3, -0.25) is 4.79 Å². The minimum Gasteiger partial charge on any atom is -0.299 e. The molecule has 0 N–H and O–H groups in total. The van der Waals surface area contributed by atoms with E-state index in [0.29, 0.717) is 17.6 Å². The first-order valence-corrected chi connectivity index (χ1v) is 5.29. The number of hydrogen-bond acceptors (Lipinski definition) is 1. The highest BCUT2D eigenvalue weighted by atomic mass is 16.1. The summed E-state index contributed by atoms with van der Waals surface area (Å²) in [7, 11) is 0. The van der Waals surface area contributed by atoms with Crippen LogP contribution in [0.4, 0.5) is 0 Å². The van der Waals surface area contributed by atoms with E-state index in [2.05, 4.69) is 12.1 Å². The molecule has 74 valence electrons. The van der Waals surface area contributed by atoms with E-state index in [0.717, 1.165) is 6.42 Å². The van der Waals surface area contributed by atoms with Gasteiger partial charge < -0.3 is 0 Å². The molecule has 1 fully saturated rings. The zero-order valence-electron chi connectivity index (χ0n) is 8.73. The Kier molecular flexibility index (Phi) is 2.40. The number of benzene rings is 1. The summed E-state index contributed by atoms with van der Waals surface area (Å²) in [6.07, 6.45) is 1.06. The molecule has 1 aliphatic rings. The molecule has 0 radical (unpaired) electrons. The molecular weight excluding hydrogens is 172 g/mol. The molecule has 1 heteroatoms. The lowest BCUT2D eigenvalue weighted by Crippen LogP contribution is -2.09. The van der Waals surface area contributed by atoms with Crippen LogP contribution in [0.1, 0.15) is 31.7 Å². The second-order valence-corrected chi connectivity index (χ2v) is 4.42. The zero-order valence-corrected chi connectivity index (χ0v) is 8.73. The highest BCUT2D eigenvalue weighted by Gasteiger charge is 2.43. The summed E-state index contributed by atoms with van der Waals surface area (Å²) < 4.78 is 0. The molecule has 0 amide bonds. The largest absolute Gasteiger partial charge is 0.299 e. The van der Waals surface area contributed by atoms with Gasteiger partial charge in [-0.25, -0.2) is 0 Å². The molecule has 1 saturated carbocycles. The van der Waals surface area contributed by atoms with Crippen LogP contribution in [0, 0.1) is 11.8 Å². The summed E-state index contributed by atoms with van der Waals surface area (Å²) in [5.41, 5.74) is 1.33. The quantitative estimate of drug-likeness (QED) is 0.712. The molecular formula is C13H16O. The molecule has 2 rings (SSSR count). The van der Waals surface area contributed by atoms with Crippen molar-refractivity contribution in [2.24, 2.45) is 11.8 Å². The predicted molar refractivity (Wildman–Crippen MR) is 57.1 cm³/mol. The summed E-state index contributed by atoms with van der Waals surface area (Å²) in [6.45, 7) is 3.98. The van der Waals surface area contributed by atoms with E-state index in [1.807, 2.05) is 32.0 Å². The molecule has 1 aromatic rings.